The lowest BCUT2D eigenvalue weighted by Crippen LogP contribution is -2.44. The van der Waals surface area contributed by atoms with Crippen LogP contribution in [0, 0.1) is 0 Å². The molecule has 5 rings (SSSR count). The summed E-state index contributed by atoms with van der Waals surface area (Å²) in [5.74, 6) is 0.553. The first kappa shape index (κ1) is 23.4. The van der Waals surface area contributed by atoms with Crippen molar-refractivity contribution in [2.45, 2.75) is 50.0 Å². The maximum Gasteiger partial charge on any atom is 0.407 e. The van der Waals surface area contributed by atoms with Crippen LogP contribution >= 0.6 is 0 Å². The first-order valence-electron chi connectivity index (χ1n) is 11.5. The van der Waals surface area contributed by atoms with Crippen molar-refractivity contribution >= 4 is 23.1 Å². The molecule has 0 unspecified atom stereocenters. The van der Waals surface area contributed by atoms with Gasteiger partial charge in [0, 0.05) is 13.2 Å². The second kappa shape index (κ2) is 9.74. The van der Waals surface area contributed by atoms with Crippen LogP contribution in [0.4, 0.5) is 10.6 Å². The van der Waals surface area contributed by atoms with Gasteiger partial charge in [-0.15, -0.1) is 0 Å². The number of ether oxygens (including phenoxy) is 3. The lowest BCUT2D eigenvalue weighted by molar-refractivity contribution is -0.0951. The monoisotopic (exact) mass is 484 g/mol. The van der Waals surface area contributed by atoms with Crippen molar-refractivity contribution in [1.29, 1.82) is 0 Å². The molecular formula is C23H28N6O6. The Kier molecular flexibility index (Phi) is 6.52. The molecule has 5 atom stereocenters. The third-order valence-corrected chi connectivity index (χ3v) is 6.29. The van der Waals surface area contributed by atoms with Crippen LogP contribution in [0.3, 0.4) is 0 Å². The zero-order valence-electron chi connectivity index (χ0n) is 19.2. The van der Waals surface area contributed by atoms with E-state index in [2.05, 4.69) is 25.6 Å². The third-order valence-electron chi connectivity index (χ3n) is 6.29. The van der Waals surface area contributed by atoms with Crippen LogP contribution in [0.15, 0.2) is 43.0 Å². The summed E-state index contributed by atoms with van der Waals surface area (Å²) in [5.41, 5.74) is 0.169. The number of anilines is 1. The maximum atomic E-state index is 12.1. The number of aliphatic hydroxyl groups is 2. The minimum Gasteiger partial charge on any atom is -0.447 e. The van der Waals surface area contributed by atoms with E-state index in [9.17, 15) is 15.0 Å². The summed E-state index contributed by atoms with van der Waals surface area (Å²) in [6.07, 6.45) is -0.194. The molecular weight excluding hydrogens is 456 g/mol. The number of nitrogens with one attached hydrogen (secondary N) is 2. The van der Waals surface area contributed by atoms with E-state index in [0.717, 1.165) is 12.0 Å². The predicted molar refractivity (Wildman–Crippen MR) is 123 cm³/mol. The second-order valence-corrected chi connectivity index (χ2v) is 8.89. The average Bonchev–Trinajstić information content (AvgIpc) is 3.58. The number of hydrogen-bond acceptors (Lipinski definition) is 10. The van der Waals surface area contributed by atoms with E-state index in [-0.39, 0.29) is 12.6 Å². The van der Waals surface area contributed by atoms with Gasteiger partial charge in [-0.3, -0.25) is 4.57 Å². The fourth-order valence-electron chi connectivity index (χ4n) is 4.33. The van der Waals surface area contributed by atoms with Gasteiger partial charge in [-0.2, -0.15) is 0 Å². The molecule has 0 saturated carbocycles. The highest BCUT2D eigenvalue weighted by atomic mass is 16.6. The van der Waals surface area contributed by atoms with Crippen LogP contribution in [-0.2, 0) is 20.8 Å². The SMILES string of the molecule is C[C@@]1(O)[C@H](O)[C@@H](COC(=O)NCc2ccccc2)O[C@H]1n1cnc2c(N[C@@H]3CCOC3)ncnc21. The Hall–Kier alpha value is -3.32. The number of alkyl carbamates (subject to hydrolysis) is 1. The van der Waals surface area contributed by atoms with Crippen LogP contribution in [0.25, 0.3) is 11.2 Å². The Labute approximate surface area is 201 Å². The number of hydrogen-bond donors (Lipinski definition) is 4. The lowest BCUT2D eigenvalue weighted by atomic mass is 9.96. The van der Waals surface area contributed by atoms with Gasteiger partial charge in [-0.25, -0.2) is 19.7 Å². The molecule has 35 heavy (non-hydrogen) atoms. The van der Waals surface area contributed by atoms with Gasteiger partial charge in [0.1, 0.15) is 30.7 Å². The largest absolute Gasteiger partial charge is 0.447 e. The van der Waals surface area contributed by atoms with Gasteiger partial charge in [0.2, 0.25) is 0 Å². The molecule has 0 aliphatic carbocycles. The number of rotatable bonds is 7. The minimum atomic E-state index is -1.69. The molecule has 2 aliphatic rings. The van der Waals surface area contributed by atoms with Crippen molar-refractivity contribution < 1.29 is 29.2 Å². The summed E-state index contributed by atoms with van der Waals surface area (Å²) in [6, 6.07) is 9.53. The molecule has 2 aromatic heterocycles. The maximum absolute atomic E-state index is 12.1. The number of fused-ring (bicyclic) bond motifs is 1. The zero-order chi connectivity index (χ0) is 24.4. The summed E-state index contributed by atoms with van der Waals surface area (Å²) in [4.78, 5) is 25.1. The second-order valence-electron chi connectivity index (χ2n) is 8.89. The smallest absolute Gasteiger partial charge is 0.407 e. The van der Waals surface area contributed by atoms with Gasteiger partial charge < -0.3 is 35.1 Å². The molecule has 4 heterocycles. The van der Waals surface area contributed by atoms with Crippen molar-refractivity contribution in [3.05, 3.63) is 48.5 Å². The molecule has 0 radical (unpaired) electrons. The molecule has 186 valence electrons. The Morgan fingerprint density at radius 1 is 1.29 bits per heavy atom. The number of aliphatic hydroxyl groups excluding tert-OH is 1. The zero-order valence-corrected chi connectivity index (χ0v) is 19.2. The van der Waals surface area contributed by atoms with Gasteiger partial charge in [0.15, 0.2) is 23.2 Å². The molecule has 4 N–H and O–H groups in total. The average molecular weight is 485 g/mol. The van der Waals surface area contributed by atoms with Crippen molar-refractivity contribution in [2.24, 2.45) is 0 Å². The van der Waals surface area contributed by atoms with E-state index in [4.69, 9.17) is 14.2 Å². The number of nitrogens with zero attached hydrogens (tertiary/aromatic N) is 4. The van der Waals surface area contributed by atoms with E-state index in [0.29, 0.717) is 36.7 Å². The lowest BCUT2D eigenvalue weighted by Gasteiger charge is -2.27. The molecule has 0 bridgehead atoms. The van der Waals surface area contributed by atoms with Crippen molar-refractivity contribution in [3.63, 3.8) is 0 Å². The van der Waals surface area contributed by atoms with Crippen molar-refractivity contribution in [2.75, 3.05) is 25.1 Å². The van der Waals surface area contributed by atoms with Crippen LogP contribution in [0.5, 0.6) is 0 Å². The fraction of sp³-hybridized carbons (Fsp3) is 0.478. The number of aromatic nitrogens is 4. The molecule has 2 fully saturated rings. The minimum absolute atomic E-state index is 0.125. The van der Waals surface area contributed by atoms with E-state index < -0.39 is 30.1 Å². The van der Waals surface area contributed by atoms with E-state index >= 15 is 0 Å². The molecule has 12 heteroatoms. The van der Waals surface area contributed by atoms with Gasteiger partial charge >= 0.3 is 6.09 Å². The highest BCUT2D eigenvalue weighted by Crippen LogP contribution is 2.40. The van der Waals surface area contributed by atoms with Crippen molar-refractivity contribution in [3.8, 4) is 0 Å². The molecule has 1 amide bonds. The van der Waals surface area contributed by atoms with E-state index in [1.807, 2.05) is 30.3 Å². The van der Waals surface area contributed by atoms with Crippen LogP contribution in [-0.4, -0.2) is 79.5 Å². The molecule has 12 nitrogen and oxygen atoms in total. The topological polar surface area (TPSA) is 153 Å². The molecule has 1 aromatic carbocycles. The number of imidazole rings is 1. The normalized spacial score (nSPS) is 28.3. The number of amides is 1. The number of benzene rings is 1. The molecule has 2 aliphatic heterocycles. The van der Waals surface area contributed by atoms with Crippen LogP contribution in [0.1, 0.15) is 25.1 Å². The quantitative estimate of drug-likeness (QED) is 0.381. The van der Waals surface area contributed by atoms with E-state index in [1.54, 1.807) is 4.57 Å². The van der Waals surface area contributed by atoms with Crippen LogP contribution < -0.4 is 10.6 Å². The standard InChI is InChI=1S/C23H28N6O6/c1-23(32)18(30)16(11-34-22(31)24-9-14-5-3-2-4-6-14)35-21(23)29-13-27-17-19(25-12-26-20(17)29)28-15-7-8-33-10-15/h2-6,12-13,15-16,18,21,30,32H,7-11H2,1H3,(H,24,31)(H,25,26,28)/t15-,16-,18-,21-,23-/m1/s1. The summed E-state index contributed by atoms with van der Waals surface area (Å²) < 4.78 is 18.1. The Balaban J connectivity index is 1.26. The van der Waals surface area contributed by atoms with Gasteiger partial charge in [-0.1, -0.05) is 30.3 Å². The van der Waals surface area contributed by atoms with Gasteiger partial charge in [0.25, 0.3) is 0 Å². The fourth-order valence-corrected chi connectivity index (χ4v) is 4.33. The molecule has 3 aromatic rings. The van der Waals surface area contributed by atoms with Gasteiger partial charge in [0.05, 0.1) is 19.0 Å². The molecule has 2 saturated heterocycles. The number of carbonyl (C=O) groups is 1. The summed E-state index contributed by atoms with van der Waals surface area (Å²) in [5, 5.41) is 27.8. The Bertz CT molecular complexity index is 1170. The summed E-state index contributed by atoms with van der Waals surface area (Å²) >= 11 is 0. The highest BCUT2D eigenvalue weighted by Gasteiger charge is 2.54. The van der Waals surface area contributed by atoms with Crippen LogP contribution in [0.2, 0.25) is 0 Å². The third kappa shape index (κ3) is 4.78. The first-order chi connectivity index (χ1) is 16.9. The highest BCUT2D eigenvalue weighted by molar-refractivity contribution is 5.82. The predicted octanol–water partition coefficient (Wildman–Crippen LogP) is 0.963. The Morgan fingerprint density at radius 2 is 2.11 bits per heavy atom. The first-order valence-corrected chi connectivity index (χ1v) is 11.5. The Morgan fingerprint density at radius 3 is 2.89 bits per heavy atom. The summed E-state index contributed by atoms with van der Waals surface area (Å²) in [6.45, 7) is 2.78. The number of carbonyl (C=O) groups excluding carboxylic acids is 1. The van der Waals surface area contributed by atoms with E-state index in [1.165, 1.54) is 19.6 Å². The molecule has 0 spiro atoms. The van der Waals surface area contributed by atoms with Crippen molar-refractivity contribution in [1.82, 2.24) is 24.8 Å². The van der Waals surface area contributed by atoms with Gasteiger partial charge in [-0.05, 0) is 18.9 Å². The summed E-state index contributed by atoms with van der Waals surface area (Å²) in [7, 11) is 0.